The Morgan fingerprint density at radius 3 is 2.47 bits per heavy atom. The molecule has 38 heavy (non-hydrogen) atoms. The summed E-state index contributed by atoms with van der Waals surface area (Å²) in [4.78, 5) is 32.4. The summed E-state index contributed by atoms with van der Waals surface area (Å²) < 4.78 is 17.2. The van der Waals surface area contributed by atoms with Gasteiger partial charge in [-0.15, -0.1) is 0 Å². The zero-order chi connectivity index (χ0) is 26.2. The Morgan fingerprint density at radius 1 is 1.03 bits per heavy atom. The Bertz CT molecular complexity index is 1650. The van der Waals surface area contributed by atoms with Crippen molar-refractivity contribution in [2.24, 2.45) is 0 Å². The molecule has 5 aromatic rings. The molecule has 0 saturated carbocycles. The molecule has 1 aliphatic rings. The minimum Gasteiger partial charge on any atom is -0.503 e. The highest BCUT2D eigenvalue weighted by Gasteiger charge is 2.47. The monoisotopic (exact) mass is 506 g/mol. The van der Waals surface area contributed by atoms with E-state index in [0.29, 0.717) is 29.2 Å². The normalized spacial score (nSPS) is 15.4. The molecule has 0 spiro atoms. The van der Waals surface area contributed by atoms with Crippen LogP contribution >= 0.6 is 0 Å². The lowest BCUT2D eigenvalue weighted by atomic mass is 9.95. The number of hydrogen-bond donors (Lipinski definition) is 1. The van der Waals surface area contributed by atoms with Gasteiger partial charge in [-0.3, -0.25) is 9.59 Å². The molecular formula is C30H22N2O6. The molecule has 1 N–H and O–H groups in total. The number of amides is 1. The number of nitrogens with zero attached hydrogens (tertiary/aromatic N) is 2. The highest BCUT2D eigenvalue weighted by Crippen LogP contribution is 2.42. The summed E-state index contributed by atoms with van der Waals surface area (Å²) in [6.45, 7) is 2.11. The van der Waals surface area contributed by atoms with Gasteiger partial charge in [0, 0.05) is 5.39 Å². The fourth-order valence-electron chi connectivity index (χ4n) is 4.52. The molecule has 0 bridgehead atoms. The first-order valence-corrected chi connectivity index (χ1v) is 12.0. The smallest absolute Gasteiger partial charge is 0.305 e. The average Bonchev–Trinajstić information content (AvgIpc) is 3.64. The minimum absolute atomic E-state index is 0.0128. The second kappa shape index (κ2) is 9.40. The molecule has 8 nitrogen and oxygen atoms in total. The molecule has 8 heteroatoms. The molecular weight excluding hydrogens is 484 g/mol. The van der Waals surface area contributed by atoms with Gasteiger partial charge in [-0.25, -0.2) is 4.90 Å². The third kappa shape index (κ3) is 4.12. The number of aliphatic hydroxyl groups is 1. The first-order valence-electron chi connectivity index (χ1n) is 12.0. The zero-order valence-electron chi connectivity index (χ0n) is 20.3. The fourth-order valence-corrected chi connectivity index (χ4v) is 4.52. The van der Waals surface area contributed by atoms with Crippen molar-refractivity contribution in [2.75, 3.05) is 4.90 Å². The predicted molar refractivity (Wildman–Crippen MR) is 139 cm³/mol. The second-order valence-corrected chi connectivity index (χ2v) is 8.93. The predicted octanol–water partition coefficient (Wildman–Crippen LogP) is 6.09. The Balaban J connectivity index is 1.37. The summed E-state index contributed by atoms with van der Waals surface area (Å²) in [6.07, 6.45) is 1.40. The van der Waals surface area contributed by atoms with Gasteiger partial charge in [0.1, 0.15) is 24.2 Å². The number of anilines is 1. The van der Waals surface area contributed by atoms with Gasteiger partial charge in [0.15, 0.2) is 11.5 Å². The summed E-state index contributed by atoms with van der Waals surface area (Å²) in [5.74, 6) is -1.45. The van der Waals surface area contributed by atoms with E-state index in [1.165, 1.54) is 11.2 Å². The molecule has 1 amide bonds. The number of carbonyl (C=O) groups is 2. The van der Waals surface area contributed by atoms with Crippen LogP contribution in [0.5, 0.6) is 5.75 Å². The van der Waals surface area contributed by atoms with Crippen molar-refractivity contribution < 1.29 is 28.3 Å². The average molecular weight is 507 g/mol. The van der Waals surface area contributed by atoms with E-state index in [1.54, 1.807) is 49.4 Å². The molecule has 1 unspecified atom stereocenters. The lowest BCUT2D eigenvalue weighted by Gasteiger charge is -2.23. The van der Waals surface area contributed by atoms with E-state index in [2.05, 4.69) is 4.98 Å². The van der Waals surface area contributed by atoms with Crippen LogP contribution in [0.4, 0.5) is 6.01 Å². The lowest BCUT2D eigenvalue weighted by molar-refractivity contribution is -0.117. The summed E-state index contributed by atoms with van der Waals surface area (Å²) in [7, 11) is 0. The highest BCUT2D eigenvalue weighted by molar-refractivity contribution is 6.20. The third-order valence-electron chi connectivity index (χ3n) is 6.36. The van der Waals surface area contributed by atoms with Gasteiger partial charge in [0.05, 0.1) is 17.3 Å². The number of hydrogen-bond acceptors (Lipinski definition) is 7. The van der Waals surface area contributed by atoms with Crippen LogP contribution in [-0.4, -0.2) is 21.8 Å². The lowest BCUT2D eigenvalue weighted by Crippen LogP contribution is -2.31. The number of aliphatic hydroxyl groups excluding tert-OH is 1. The Kier molecular flexibility index (Phi) is 5.76. The molecule has 1 atom stereocenters. The van der Waals surface area contributed by atoms with Gasteiger partial charge in [-0.1, -0.05) is 60.7 Å². The number of Topliss-reactive ketones (excluding diaryl/α,β-unsaturated/α-hetero) is 1. The van der Waals surface area contributed by atoms with Crippen molar-refractivity contribution >= 4 is 28.7 Å². The van der Waals surface area contributed by atoms with E-state index in [1.807, 2.05) is 42.5 Å². The molecule has 0 fully saturated rings. The van der Waals surface area contributed by atoms with Crippen molar-refractivity contribution in [1.29, 1.82) is 0 Å². The molecule has 3 aromatic carbocycles. The molecule has 3 heterocycles. The summed E-state index contributed by atoms with van der Waals surface area (Å²) in [5.41, 5.74) is 2.53. The van der Waals surface area contributed by atoms with E-state index in [4.69, 9.17) is 13.6 Å². The molecule has 1 aliphatic heterocycles. The summed E-state index contributed by atoms with van der Waals surface area (Å²) >= 11 is 0. The number of furan rings is 1. The number of benzene rings is 3. The number of rotatable bonds is 7. The Hall–Kier alpha value is -5.11. The van der Waals surface area contributed by atoms with Gasteiger partial charge < -0.3 is 18.7 Å². The number of fused-ring (bicyclic) bond motifs is 1. The van der Waals surface area contributed by atoms with Crippen molar-refractivity contribution in [2.45, 2.75) is 19.6 Å². The first kappa shape index (κ1) is 23.3. The van der Waals surface area contributed by atoms with Crippen LogP contribution in [-0.2, 0) is 11.4 Å². The largest absolute Gasteiger partial charge is 0.503 e. The number of aromatic nitrogens is 1. The SMILES string of the molecule is Cc1coc(N2C(=O)C(O)=C(C(=O)c3cc4ccccc4o3)C2c2ccc(OCc3ccccc3)cc2)n1. The topological polar surface area (TPSA) is 106 Å². The van der Waals surface area contributed by atoms with Crippen molar-refractivity contribution in [3.05, 3.63) is 125 Å². The number of ether oxygens (including phenoxy) is 1. The number of oxazole rings is 1. The summed E-state index contributed by atoms with van der Waals surface area (Å²) in [6, 6.07) is 24.5. The third-order valence-corrected chi connectivity index (χ3v) is 6.36. The van der Waals surface area contributed by atoms with Crippen LogP contribution in [0.3, 0.4) is 0 Å². The van der Waals surface area contributed by atoms with Gasteiger partial charge in [-0.05, 0) is 42.3 Å². The summed E-state index contributed by atoms with van der Waals surface area (Å²) in [5, 5.41) is 11.7. The molecule has 188 valence electrons. The molecule has 0 aliphatic carbocycles. The molecule has 0 radical (unpaired) electrons. The molecule has 2 aromatic heterocycles. The second-order valence-electron chi connectivity index (χ2n) is 8.93. The Morgan fingerprint density at radius 2 is 1.76 bits per heavy atom. The van der Waals surface area contributed by atoms with Gasteiger partial charge in [-0.2, -0.15) is 4.98 Å². The van der Waals surface area contributed by atoms with Crippen molar-refractivity contribution in [3.8, 4) is 5.75 Å². The molecule has 6 rings (SSSR count). The van der Waals surface area contributed by atoms with E-state index in [-0.39, 0.29) is 17.3 Å². The molecule has 0 saturated heterocycles. The van der Waals surface area contributed by atoms with Crippen LogP contribution in [0, 0.1) is 6.92 Å². The van der Waals surface area contributed by atoms with Crippen LogP contribution in [0.1, 0.15) is 33.4 Å². The van der Waals surface area contributed by atoms with Crippen molar-refractivity contribution in [3.63, 3.8) is 0 Å². The Labute approximate surface area is 217 Å². The van der Waals surface area contributed by atoms with Crippen molar-refractivity contribution in [1.82, 2.24) is 4.98 Å². The number of aryl methyl sites for hydroxylation is 1. The number of carbonyl (C=O) groups excluding carboxylic acids is 2. The van der Waals surface area contributed by atoms with Crippen LogP contribution < -0.4 is 9.64 Å². The van der Waals surface area contributed by atoms with Crippen LogP contribution in [0.2, 0.25) is 0 Å². The number of ketones is 1. The zero-order valence-corrected chi connectivity index (χ0v) is 20.3. The highest BCUT2D eigenvalue weighted by atomic mass is 16.5. The van der Waals surface area contributed by atoms with Gasteiger partial charge in [0.2, 0.25) is 5.78 Å². The van der Waals surface area contributed by atoms with E-state index >= 15 is 0 Å². The van der Waals surface area contributed by atoms with E-state index in [9.17, 15) is 14.7 Å². The van der Waals surface area contributed by atoms with E-state index in [0.717, 1.165) is 10.9 Å². The van der Waals surface area contributed by atoms with E-state index < -0.39 is 23.5 Å². The quantitative estimate of drug-likeness (QED) is 0.266. The minimum atomic E-state index is -0.996. The fraction of sp³-hybridized carbons (Fsp3) is 0.100. The number of para-hydroxylation sites is 1. The maximum Gasteiger partial charge on any atom is 0.305 e. The standard InChI is InChI=1S/C30H22N2O6/c1-18-16-37-30(31-18)32-26(20-11-13-22(14-12-20)36-17-19-7-3-2-4-8-19)25(28(34)29(32)35)27(33)24-15-21-9-5-6-10-23(21)38-24/h2-16,26,34H,17H2,1H3. The maximum atomic E-state index is 13.7. The maximum absolute atomic E-state index is 13.7. The van der Waals surface area contributed by atoms with Gasteiger partial charge >= 0.3 is 6.01 Å². The first-order chi connectivity index (χ1) is 18.5. The van der Waals surface area contributed by atoms with Crippen LogP contribution in [0.25, 0.3) is 11.0 Å². The van der Waals surface area contributed by atoms with Gasteiger partial charge in [0.25, 0.3) is 5.91 Å². The van der Waals surface area contributed by atoms with Crippen LogP contribution in [0.15, 0.2) is 111 Å².